The third kappa shape index (κ3) is 1.05. The second-order valence-corrected chi connectivity index (χ2v) is 0.752. The maximum atomic E-state index is 3.61. The summed E-state index contributed by atoms with van der Waals surface area (Å²) in [5, 5.41) is 0. The minimum Gasteiger partial charge on any atom is -1.00 e. The Labute approximate surface area is 42.1 Å². The lowest BCUT2D eigenvalue weighted by Gasteiger charge is -1.40. The van der Waals surface area contributed by atoms with Crippen LogP contribution in [0.5, 0.6) is 0 Å². The van der Waals surface area contributed by atoms with Crippen LogP contribution in [0.2, 0.25) is 0 Å². The van der Waals surface area contributed by atoms with Gasteiger partial charge in [0.25, 0.3) is 0 Å². The van der Waals surface area contributed by atoms with Crippen molar-refractivity contribution in [3.63, 3.8) is 0 Å². The van der Waals surface area contributed by atoms with Crippen LogP contribution in [0.15, 0.2) is 4.99 Å². The normalized spacial score (nSPS) is 12.0. The summed E-state index contributed by atoms with van der Waals surface area (Å²) in [5.41, 5.74) is 0. The van der Waals surface area contributed by atoms with Crippen LogP contribution in [0.25, 0.3) is 4.85 Å². The summed E-state index contributed by atoms with van der Waals surface area (Å²) in [5.74, 6) is 0. The van der Waals surface area contributed by atoms with Crippen molar-refractivity contribution in [2.45, 2.75) is 0 Å². The highest BCUT2D eigenvalue weighted by Crippen LogP contribution is 1.73. The molecule has 1 rings (SSSR count). The summed E-state index contributed by atoms with van der Waals surface area (Å²) in [4.78, 5) is 7.15. The lowest BCUT2D eigenvalue weighted by molar-refractivity contribution is -0.00000102. The molecule has 1 aliphatic heterocycles. The van der Waals surface area contributed by atoms with E-state index in [2.05, 4.69) is 16.0 Å². The van der Waals surface area contributed by atoms with Crippen molar-refractivity contribution in [3.8, 4) is 6.19 Å². The summed E-state index contributed by atoms with van der Waals surface area (Å²) in [6, 6.07) is 0. The quantitative estimate of drug-likeness (QED) is 0.298. The molecule has 0 fully saturated rings. The van der Waals surface area contributed by atoms with Crippen LogP contribution in [0.4, 0.5) is 0 Å². The highest BCUT2D eigenvalue weighted by molar-refractivity contribution is 5.65. The van der Waals surface area contributed by atoms with Gasteiger partial charge in [-0.1, -0.05) is 0 Å². The fourth-order valence-corrected chi connectivity index (χ4v) is 0.204. The summed E-state index contributed by atoms with van der Waals surface area (Å²) in [6.45, 7) is 0.722. The van der Waals surface area contributed by atoms with Gasteiger partial charge in [0, 0.05) is 4.99 Å². The Kier molecular flexibility index (Phi) is 2.43. The summed E-state index contributed by atoms with van der Waals surface area (Å²) >= 11 is 0. The van der Waals surface area contributed by atoms with Gasteiger partial charge < -0.3 is 12.4 Å². The second-order valence-electron chi connectivity index (χ2n) is 0.752. The van der Waals surface area contributed by atoms with Crippen molar-refractivity contribution in [3.05, 3.63) is 4.85 Å². The van der Waals surface area contributed by atoms with Gasteiger partial charge in [-0.05, 0) is 0 Å². The van der Waals surface area contributed by atoms with Crippen molar-refractivity contribution in [2.75, 3.05) is 6.54 Å². The predicted molar refractivity (Wildman–Crippen MR) is 20.6 cm³/mol. The highest BCUT2D eigenvalue weighted by Gasteiger charge is 1.88. The molecule has 0 spiro atoms. The predicted octanol–water partition coefficient (Wildman–Crippen LogP) is -2.63. The summed E-state index contributed by atoms with van der Waals surface area (Å²) in [6.07, 6.45) is 4.12. The lowest BCUT2D eigenvalue weighted by Crippen LogP contribution is -3.00. The molecule has 0 bridgehead atoms. The van der Waals surface area contributed by atoms with Gasteiger partial charge in [0.05, 0.1) is 0 Å². The van der Waals surface area contributed by atoms with Crippen LogP contribution in [-0.4, -0.2) is 12.8 Å². The zero-order valence-electron chi connectivity index (χ0n) is 3.06. The molecule has 3 heteroatoms. The molecule has 0 aromatic rings. The monoisotopic (exact) mass is 102 g/mol. The van der Waals surface area contributed by atoms with E-state index in [1.807, 2.05) is 0 Å². The minimum absolute atomic E-state index is 0. The highest BCUT2D eigenvalue weighted by atomic mass is 35.5. The smallest absolute Gasteiger partial charge is 0.423 e. The molecule has 0 unspecified atom stereocenters. The van der Waals surface area contributed by atoms with E-state index in [1.54, 1.807) is 6.21 Å². The third-order valence-corrected chi connectivity index (χ3v) is 0.393. The van der Waals surface area contributed by atoms with Crippen LogP contribution < -0.4 is 12.4 Å². The maximum Gasteiger partial charge on any atom is 0.423 e. The molecule has 0 aliphatic carbocycles. The number of hydrogen-bond acceptors (Lipinski definition) is 1. The Morgan fingerprint density at radius 2 is 2.67 bits per heavy atom. The molecular formula is C3H3ClN2. The maximum absolute atomic E-state index is 3.61. The molecule has 0 saturated carbocycles. The third-order valence-electron chi connectivity index (χ3n) is 0.393. The minimum atomic E-state index is 0. The number of halogens is 1. The van der Waals surface area contributed by atoms with Crippen LogP contribution in [-0.2, 0) is 0 Å². The SMILES string of the molecule is C1#[N+]CC=N1.[Cl-]. The van der Waals surface area contributed by atoms with Crippen LogP contribution >= 0.6 is 0 Å². The first-order chi connectivity index (χ1) is 2.50. The van der Waals surface area contributed by atoms with Crippen molar-refractivity contribution in [2.24, 2.45) is 4.99 Å². The molecule has 1 heterocycles. The van der Waals surface area contributed by atoms with Crippen molar-refractivity contribution in [1.82, 2.24) is 0 Å². The van der Waals surface area contributed by atoms with Crippen LogP contribution in [0, 0.1) is 6.19 Å². The van der Waals surface area contributed by atoms with Gasteiger partial charge in [-0.2, -0.15) is 4.85 Å². The Hall–Kier alpha value is -0.550. The van der Waals surface area contributed by atoms with Gasteiger partial charge in [0.2, 0.25) is 6.54 Å². The number of rotatable bonds is 0. The van der Waals surface area contributed by atoms with Gasteiger partial charge in [-0.15, -0.1) is 0 Å². The number of aliphatic imine (C=N–C) groups is 1. The average Bonchev–Trinajstić information content (AvgIpc) is 1.76. The van der Waals surface area contributed by atoms with Crippen molar-refractivity contribution in [1.29, 1.82) is 0 Å². The van der Waals surface area contributed by atoms with E-state index in [0.717, 1.165) is 6.54 Å². The second kappa shape index (κ2) is 2.67. The lowest BCUT2D eigenvalue weighted by atomic mass is 10.8. The fourth-order valence-electron chi connectivity index (χ4n) is 0.204. The molecule has 0 aromatic heterocycles. The van der Waals surface area contributed by atoms with Crippen molar-refractivity contribution < 1.29 is 12.4 Å². The Morgan fingerprint density at radius 3 is 2.83 bits per heavy atom. The van der Waals surface area contributed by atoms with Gasteiger partial charge in [-0.25, -0.2) is 0 Å². The Balaban J connectivity index is 0.000000250. The number of hydrogen-bond donors (Lipinski definition) is 0. The van der Waals surface area contributed by atoms with E-state index in [0.29, 0.717) is 0 Å². The van der Waals surface area contributed by atoms with Crippen LogP contribution in [0.1, 0.15) is 0 Å². The molecule has 0 aromatic carbocycles. The van der Waals surface area contributed by atoms with E-state index in [9.17, 15) is 0 Å². The molecule has 0 amide bonds. The Bertz CT molecular complexity index is 108. The zero-order chi connectivity index (χ0) is 3.54. The molecule has 2 nitrogen and oxygen atoms in total. The molecule has 1 aliphatic rings. The van der Waals surface area contributed by atoms with E-state index in [4.69, 9.17) is 0 Å². The van der Waals surface area contributed by atoms with E-state index in [1.165, 1.54) is 0 Å². The largest absolute Gasteiger partial charge is 1.00 e. The molecular weight excluding hydrogens is 99.5 g/mol. The first kappa shape index (κ1) is 5.45. The Morgan fingerprint density at radius 1 is 1.83 bits per heavy atom. The van der Waals surface area contributed by atoms with Gasteiger partial charge in [0.15, 0.2) is 6.21 Å². The average molecular weight is 103 g/mol. The fraction of sp³-hybridized carbons (Fsp3) is 0.333. The van der Waals surface area contributed by atoms with E-state index >= 15 is 0 Å². The molecule has 0 atom stereocenters. The molecule has 6 heavy (non-hydrogen) atoms. The van der Waals surface area contributed by atoms with Crippen LogP contribution in [0.3, 0.4) is 0 Å². The topological polar surface area (TPSA) is 16.7 Å². The summed E-state index contributed by atoms with van der Waals surface area (Å²) < 4.78 is 0. The standard InChI is InChI=1S/C3H3N2.ClH/c1-2-5-3-4-1;/h1H,2H2;1H/q+1;/p-1. The zero-order valence-corrected chi connectivity index (χ0v) is 3.81. The first-order valence-electron chi connectivity index (χ1n) is 1.43. The van der Waals surface area contributed by atoms with E-state index < -0.39 is 0 Å². The van der Waals surface area contributed by atoms with Gasteiger partial charge in [0.1, 0.15) is 0 Å². The molecule has 0 radical (unpaired) electrons. The van der Waals surface area contributed by atoms with Crippen molar-refractivity contribution >= 4 is 6.21 Å². The molecule has 0 saturated heterocycles. The van der Waals surface area contributed by atoms with Gasteiger partial charge in [-0.3, -0.25) is 0 Å². The summed E-state index contributed by atoms with van der Waals surface area (Å²) in [7, 11) is 0. The van der Waals surface area contributed by atoms with E-state index in [-0.39, 0.29) is 12.4 Å². The molecule has 0 N–H and O–H groups in total. The first-order valence-corrected chi connectivity index (χ1v) is 1.43. The number of nitrogens with zero attached hydrogens (tertiary/aromatic N) is 2. The van der Waals surface area contributed by atoms with Gasteiger partial charge >= 0.3 is 6.19 Å². The molecule has 32 valence electrons.